The molecule has 118 valence electrons. The molecule has 0 aromatic heterocycles. The smallest absolute Gasteiger partial charge is 0.246 e. The molecule has 2 aromatic rings. The molecule has 0 fully saturated rings. The molecule has 0 spiro atoms. The monoisotopic (exact) mass is 327 g/mol. The minimum Gasteiger partial charge on any atom is -0.497 e. The normalized spacial score (nSPS) is 12.9. The number of nitrogens with one attached hydrogen (secondary N) is 1. The molecule has 0 aliphatic carbocycles. The minimum atomic E-state index is -4.32. The number of sulfonamides is 1. The summed E-state index contributed by atoms with van der Waals surface area (Å²) in [6.07, 6.45) is 0. The van der Waals surface area contributed by atoms with Gasteiger partial charge in [0, 0.05) is 6.04 Å². The van der Waals surface area contributed by atoms with Crippen LogP contribution in [0.15, 0.2) is 47.4 Å². The summed E-state index contributed by atoms with van der Waals surface area (Å²) in [5, 5.41) is 0. The van der Waals surface area contributed by atoms with Crippen molar-refractivity contribution in [2.75, 3.05) is 7.11 Å². The van der Waals surface area contributed by atoms with Crippen molar-refractivity contribution < 1.29 is 21.9 Å². The van der Waals surface area contributed by atoms with Crippen molar-refractivity contribution in [1.29, 1.82) is 0 Å². The van der Waals surface area contributed by atoms with Crippen LogP contribution in [0.1, 0.15) is 18.5 Å². The molecule has 0 bridgehead atoms. The highest BCUT2D eigenvalue weighted by Crippen LogP contribution is 2.22. The summed E-state index contributed by atoms with van der Waals surface area (Å²) in [6, 6.07) is 8.93. The van der Waals surface area contributed by atoms with Crippen molar-refractivity contribution in [2.24, 2.45) is 0 Å². The Morgan fingerprint density at radius 1 is 1.05 bits per heavy atom. The van der Waals surface area contributed by atoms with Gasteiger partial charge in [0.25, 0.3) is 0 Å². The zero-order valence-corrected chi connectivity index (χ0v) is 12.8. The Morgan fingerprint density at radius 3 is 2.09 bits per heavy atom. The summed E-state index contributed by atoms with van der Waals surface area (Å²) in [5.41, 5.74) is 0.640. The maximum atomic E-state index is 13.6. The fraction of sp³-hybridized carbons (Fsp3) is 0.200. The van der Waals surface area contributed by atoms with E-state index in [1.165, 1.54) is 7.11 Å². The predicted molar refractivity (Wildman–Crippen MR) is 78.1 cm³/mol. The van der Waals surface area contributed by atoms with Crippen LogP contribution in [0.5, 0.6) is 5.75 Å². The molecule has 4 nitrogen and oxygen atoms in total. The van der Waals surface area contributed by atoms with Crippen LogP contribution in [0, 0.1) is 11.6 Å². The van der Waals surface area contributed by atoms with Crippen molar-refractivity contribution in [3.63, 3.8) is 0 Å². The molecule has 7 heteroatoms. The van der Waals surface area contributed by atoms with E-state index in [0.29, 0.717) is 11.3 Å². The van der Waals surface area contributed by atoms with Crippen LogP contribution in [-0.4, -0.2) is 15.5 Å². The first-order valence-electron chi connectivity index (χ1n) is 6.45. The molecule has 0 amide bonds. The highest BCUT2D eigenvalue weighted by atomic mass is 32.2. The summed E-state index contributed by atoms with van der Waals surface area (Å²) in [4.78, 5) is -0.977. The first-order chi connectivity index (χ1) is 10.3. The third kappa shape index (κ3) is 3.42. The molecular formula is C15H15F2NO3S. The highest BCUT2D eigenvalue weighted by Gasteiger charge is 2.25. The number of hydrogen-bond donors (Lipinski definition) is 1. The third-order valence-electron chi connectivity index (χ3n) is 3.14. The van der Waals surface area contributed by atoms with E-state index < -0.39 is 32.6 Å². The van der Waals surface area contributed by atoms with Gasteiger partial charge in [0.1, 0.15) is 17.4 Å². The van der Waals surface area contributed by atoms with E-state index in [-0.39, 0.29) is 0 Å². The summed E-state index contributed by atoms with van der Waals surface area (Å²) >= 11 is 0. The van der Waals surface area contributed by atoms with Crippen LogP contribution >= 0.6 is 0 Å². The lowest BCUT2D eigenvalue weighted by molar-refractivity contribution is 0.414. The SMILES string of the molecule is COc1ccc(C(C)NS(=O)(=O)c2c(F)cccc2F)cc1. The average molecular weight is 327 g/mol. The minimum absolute atomic E-state index is 0.624. The number of ether oxygens (including phenoxy) is 1. The van der Waals surface area contributed by atoms with Crippen LogP contribution < -0.4 is 9.46 Å². The van der Waals surface area contributed by atoms with Gasteiger partial charge >= 0.3 is 0 Å². The van der Waals surface area contributed by atoms with Crippen molar-refractivity contribution in [3.05, 3.63) is 59.7 Å². The molecule has 1 N–H and O–H groups in total. The largest absolute Gasteiger partial charge is 0.497 e. The number of halogens is 2. The Morgan fingerprint density at radius 2 is 1.59 bits per heavy atom. The van der Waals surface area contributed by atoms with Gasteiger partial charge in [-0.05, 0) is 36.8 Å². The average Bonchev–Trinajstić information content (AvgIpc) is 2.46. The molecule has 0 aliphatic rings. The maximum Gasteiger partial charge on any atom is 0.246 e. The van der Waals surface area contributed by atoms with E-state index in [4.69, 9.17) is 4.74 Å². The van der Waals surface area contributed by atoms with Gasteiger partial charge in [-0.2, -0.15) is 0 Å². The van der Waals surface area contributed by atoms with Crippen LogP contribution in [0.25, 0.3) is 0 Å². The lowest BCUT2D eigenvalue weighted by atomic mass is 10.1. The summed E-state index contributed by atoms with van der Waals surface area (Å²) < 4.78 is 58.8. The van der Waals surface area contributed by atoms with Crippen molar-refractivity contribution in [3.8, 4) is 5.75 Å². The van der Waals surface area contributed by atoms with Crippen molar-refractivity contribution in [2.45, 2.75) is 17.9 Å². The maximum absolute atomic E-state index is 13.6. The van der Waals surface area contributed by atoms with Crippen LogP contribution in [0.3, 0.4) is 0 Å². The molecule has 2 aromatic carbocycles. The van der Waals surface area contributed by atoms with Crippen LogP contribution in [0.4, 0.5) is 8.78 Å². The van der Waals surface area contributed by atoms with E-state index in [2.05, 4.69) is 4.72 Å². The number of rotatable bonds is 5. The highest BCUT2D eigenvalue weighted by molar-refractivity contribution is 7.89. The summed E-state index contributed by atoms with van der Waals surface area (Å²) in [6.45, 7) is 1.58. The second-order valence-electron chi connectivity index (χ2n) is 4.67. The van der Waals surface area contributed by atoms with Gasteiger partial charge in [-0.3, -0.25) is 0 Å². The first kappa shape index (κ1) is 16.4. The lowest BCUT2D eigenvalue weighted by Crippen LogP contribution is -2.28. The van der Waals surface area contributed by atoms with Crippen LogP contribution in [-0.2, 0) is 10.0 Å². The zero-order chi connectivity index (χ0) is 16.3. The second-order valence-corrected chi connectivity index (χ2v) is 6.32. The quantitative estimate of drug-likeness (QED) is 0.918. The molecule has 0 radical (unpaired) electrons. The van der Waals surface area contributed by atoms with E-state index in [1.54, 1.807) is 31.2 Å². The molecule has 0 heterocycles. The van der Waals surface area contributed by atoms with Gasteiger partial charge in [-0.25, -0.2) is 21.9 Å². The molecule has 1 atom stereocenters. The fourth-order valence-corrected chi connectivity index (χ4v) is 3.36. The zero-order valence-electron chi connectivity index (χ0n) is 12.0. The van der Waals surface area contributed by atoms with Gasteiger partial charge in [-0.15, -0.1) is 0 Å². The van der Waals surface area contributed by atoms with Gasteiger partial charge in [0.05, 0.1) is 7.11 Å². The molecule has 0 saturated carbocycles. The number of benzene rings is 2. The Kier molecular flexibility index (Phi) is 4.77. The molecule has 2 rings (SSSR count). The third-order valence-corrected chi connectivity index (χ3v) is 4.73. The van der Waals surface area contributed by atoms with Crippen molar-refractivity contribution in [1.82, 2.24) is 4.72 Å². The van der Waals surface area contributed by atoms with E-state index in [1.807, 2.05) is 0 Å². The first-order valence-corrected chi connectivity index (χ1v) is 7.94. The predicted octanol–water partition coefficient (Wildman–Crippen LogP) is 3.01. The lowest BCUT2D eigenvalue weighted by Gasteiger charge is -2.15. The standard InChI is InChI=1S/C15H15F2NO3S/c1-10(11-6-8-12(21-2)9-7-11)18-22(19,20)15-13(16)4-3-5-14(15)17/h3-10,18H,1-2H3. The summed E-state index contributed by atoms with van der Waals surface area (Å²) in [7, 11) is -2.80. The van der Waals surface area contributed by atoms with Crippen LogP contribution in [0.2, 0.25) is 0 Å². The van der Waals surface area contributed by atoms with E-state index in [0.717, 1.165) is 18.2 Å². The fourth-order valence-electron chi connectivity index (χ4n) is 1.99. The molecule has 1 unspecified atom stereocenters. The van der Waals surface area contributed by atoms with E-state index in [9.17, 15) is 17.2 Å². The Labute approximate surface area is 127 Å². The molecular weight excluding hydrogens is 312 g/mol. The molecule has 22 heavy (non-hydrogen) atoms. The summed E-state index contributed by atoms with van der Waals surface area (Å²) in [5.74, 6) is -1.64. The second kappa shape index (κ2) is 6.41. The van der Waals surface area contributed by atoms with Gasteiger partial charge in [0.2, 0.25) is 10.0 Å². The van der Waals surface area contributed by atoms with Crippen molar-refractivity contribution >= 4 is 10.0 Å². The Hall–Kier alpha value is -1.99. The Bertz CT molecular complexity index is 741. The molecule has 0 saturated heterocycles. The number of hydrogen-bond acceptors (Lipinski definition) is 3. The topological polar surface area (TPSA) is 55.4 Å². The van der Waals surface area contributed by atoms with E-state index >= 15 is 0 Å². The Balaban J connectivity index is 2.27. The van der Waals surface area contributed by atoms with Gasteiger partial charge < -0.3 is 4.74 Å². The number of methoxy groups -OCH3 is 1. The van der Waals surface area contributed by atoms with Gasteiger partial charge in [0.15, 0.2) is 4.90 Å². The van der Waals surface area contributed by atoms with Gasteiger partial charge in [-0.1, -0.05) is 18.2 Å². The molecule has 0 aliphatic heterocycles.